The molecule has 1 N–H and O–H groups in total. The zero-order valence-corrected chi connectivity index (χ0v) is 13.7. The zero-order valence-electron chi connectivity index (χ0n) is 12.9. The summed E-state index contributed by atoms with van der Waals surface area (Å²) in [4.78, 5) is 14.0. The first kappa shape index (κ1) is 16.4. The van der Waals surface area contributed by atoms with Gasteiger partial charge in [0.15, 0.2) is 0 Å². The molecule has 0 bridgehead atoms. The van der Waals surface area contributed by atoms with Gasteiger partial charge in [0.05, 0.1) is 5.75 Å². The fourth-order valence-corrected chi connectivity index (χ4v) is 3.72. The van der Waals surface area contributed by atoms with Crippen LogP contribution in [0.3, 0.4) is 0 Å². The van der Waals surface area contributed by atoms with Crippen LogP contribution in [0.4, 0.5) is 0 Å². The summed E-state index contributed by atoms with van der Waals surface area (Å²) in [6.07, 6.45) is 4.45. The molecule has 0 aromatic heterocycles. The first-order valence-corrected chi connectivity index (χ1v) is 8.91. The van der Waals surface area contributed by atoms with E-state index in [4.69, 9.17) is 0 Å². The van der Waals surface area contributed by atoms with Gasteiger partial charge in [-0.2, -0.15) is 0 Å². The van der Waals surface area contributed by atoms with Crippen molar-refractivity contribution in [3.63, 3.8) is 0 Å². The van der Waals surface area contributed by atoms with E-state index in [1.165, 1.54) is 18.4 Å². The number of nitrogens with one attached hydrogen (secondary N) is 1. The van der Waals surface area contributed by atoms with Crippen LogP contribution in [-0.4, -0.2) is 48.5 Å². The third-order valence-electron chi connectivity index (χ3n) is 3.96. The van der Waals surface area contributed by atoms with Gasteiger partial charge in [-0.3, -0.25) is 4.79 Å². The minimum Gasteiger partial charge on any atom is -0.345 e. The molecule has 2 rings (SSSR count). The number of carbonyl (C=O) groups is 1. The topological polar surface area (TPSA) is 32.3 Å². The van der Waals surface area contributed by atoms with Gasteiger partial charge in [0.2, 0.25) is 5.91 Å². The number of amides is 1. The van der Waals surface area contributed by atoms with Crippen LogP contribution in [-0.2, 0) is 11.2 Å². The third-order valence-corrected chi connectivity index (χ3v) is 5.31. The van der Waals surface area contributed by atoms with E-state index in [0.717, 1.165) is 32.5 Å². The van der Waals surface area contributed by atoms with Gasteiger partial charge in [-0.25, -0.2) is 0 Å². The van der Waals surface area contributed by atoms with Crippen molar-refractivity contribution in [1.29, 1.82) is 0 Å². The molecular weight excluding hydrogens is 280 g/mol. The molecule has 0 radical (unpaired) electrons. The monoisotopic (exact) mass is 306 g/mol. The molecule has 1 amide bonds. The Morgan fingerprint density at radius 1 is 1.29 bits per heavy atom. The smallest absolute Gasteiger partial charge is 0.232 e. The number of nitrogens with zero attached hydrogens (tertiary/aromatic N) is 1. The SMILES string of the molecule is CN(CCCc1ccccc1)C(=O)CSC1CCNCC1. The molecular formula is C17H26N2OS. The predicted molar refractivity (Wildman–Crippen MR) is 90.7 cm³/mol. The van der Waals surface area contributed by atoms with Crippen LogP contribution in [0.1, 0.15) is 24.8 Å². The number of piperidine rings is 1. The van der Waals surface area contributed by atoms with Crippen LogP contribution >= 0.6 is 11.8 Å². The van der Waals surface area contributed by atoms with Crippen LogP contribution in [0, 0.1) is 0 Å². The Bertz CT molecular complexity index is 418. The first-order valence-electron chi connectivity index (χ1n) is 7.86. The summed E-state index contributed by atoms with van der Waals surface area (Å²) < 4.78 is 0. The van der Waals surface area contributed by atoms with Crippen LogP contribution in [0.2, 0.25) is 0 Å². The average Bonchev–Trinajstić information content (AvgIpc) is 2.54. The van der Waals surface area contributed by atoms with Crippen LogP contribution < -0.4 is 5.32 Å². The second-order valence-electron chi connectivity index (χ2n) is 5.66. The van der Waals surface area contributed by atoms with Crippen molar-refractivity contribution in [2.45, 2.75) is 30.9 Å². The second-order valence-corrected chi connectivity index (χ2v) is 6.95. The Morgan fingerprint density at radius 3 is 2.71 bits per heavy atom. The molecule has 0 atom stereocenters. The fraction of sp³-hybridized carbons (Fsp3) is 0.588. The fourth-order valence-electron chi connectivity index (χ4n) is 2.55. The standard InChI is InChI=1S/C17H26N2OS/c1-19(13-5-8-15-6-3-2-4-7-15)17(20)14-21-16-9-11-18-12-10-16/h2-4,6-7,16,18H,5,8-14H2,1H3. The number of hydrogen-bond donors (Lipinski definition) is 1. The maximum Gasteiger partial charge on any atom is 0.232 e. The van der Waals surface area contributed by atoms with Crippen molar-refractivity contribution in [2.24, 2.45) is 0 Å². The Labute approximate surface area is 132 Å². The molecule has 0 unspecified atom stereocenters. The highest BCUT2D eigenvalue weighted by Crippen LogP contribution is 2.20. The maximum atomic E-state index is 12.1. The van der Waals surface area contributed by atoms with Crippen molar-refractivity contribution < 1.29 is 4.79 Å². The van der Waals surface area contributed by atoms with E-state index in [2.05, 4.69) is 29.6 Å². The summed E-state index contributed by atoms with van der Waals surface area (Å²) in [6.45, 7) is 3.04. The summed E-state index contributed by atoms with van der Waals surface area (Å²) in [5, 5.41) is 4.02. The molecule has 116 valence electrons. The largest absolute Gasteiger partial charge is 0.345 e. The maximum absolute atomic E-state index is 12.1. The minimum atomic E-state index is 0.270. The second kappa shape index (κ2) is 9.11. The van der Waals surface area contributed by atoms with Crippen LogP contribution in [0.25, 0.3) is 0 Å². The van der Waals surface area contributed by atoms with Gasteiger partial charge >= 0.3 is 0 Å². The molecule has 21 heavy (non-hydrogen) atoms. The summed E-state index contributed by atoms with van der Waals surface area (Å²) in [5.41, 5.74) is 1.35. The van der Waals surface area contributed by atoms with Gasteiger partial charge in [0.25, 0.3) is 0 Å². The summed E-state index contributed by atoms with van der Waals surface area (Å²) in [5.74, 6) is 0.901. The Hall–Kier alpha value is -1.00. The third kappa shape index (κ3) is 6.10. The molecule has 0 aliphatic carbocycles. The lowest BCUT2D eigenvalue weighted by atomic mass is 10.1. The quantitative estimate of drug-likeness (QED) is 0.840. The summed E-state index contributed by atoms with van der Waals surface area (Å²) in [7, 11) is 1.93. The molecule has 1 heterocycles. The number of benzene rings is 1. The van der Waals surface area contributed by atoms with E-state index in [1.54, 1.807) is 0 Å². The first-order chi connectivity index (χ1) is 10.3. The zero-order chi connectivity index (χ0) is 14.9. The van der Waals surface area contributed by atoms with Crippen molar-refractivity contribution in [2.75, 3.05) is 32.4 Å². The van der Waals surface area contributed by atoms with Crippen LogP contribution in [0.15, 0.2) is 30.3 Å². The predicted octanol–water partition coefficient (Wildman–Crippen LogP) is 2.56. The minimum absolute atomic E-state index is 0.270. The number of thioether (sulfide) groups is 1. The van der Waals surface area contributed by atoms with Crippen molar-refractivity contribution in [1.82, 2.24) is 10.2 Å². The summed E-state index contributed by atoms with van der Waals surface area (Å²) >= 11 is 1.83. The van der Waals surface area contributed by atoms with E-state index < -0.39 is 0 Å². The van der Waals surface area contributed by atoms with Gasteiger partial charge < -0.3 is 10.2 Å². The van der Waals surface area contributed by atoms with Crippen molar-refractivity contribution in [3.8, 4) is 0 Å². The van der Waals surface area contributed by atoms with Gasteiger partial charge in [-0.15, -0.1) is 11.8 Å². The van der Waals surface area contributed by atoms with E-state index in [9.17, 15) is 4.79 Å². The molecule has 1 aliphatic rings. The van der Waals surface area contributed by atoms with E-state index in [-0.39, 0.29) is 5.91 Å². The lowest BCUT2D eigenvalue weighted by Crippen LogP contribution is -2.32. The highest BCUT2D eigenvalue weighted by Gasteiger charge is 2.16. The van der Waals surface area contributed by atoms with Crippen molar-refractivity contribution >= 4 is 17.7 Å². The number of carbonyl (C=O) groups excluding carboxylic acids is 1. The molecule has 1 fully saturated rings. The van der Waals surface area contributed by atoms with E-state index >= 15 is 0 Å². The molecule has 0 saturated carbocycles. The van der Waals surface area contributed by atoms with E-state index in [0.29, 0.717) is 11.0 Å². The highest BCUT2D eigenvalue weighted by atomic mass is 32.2. The number of hydrogen-bond acceptors (Lipinski definition) is 3. The summed E-state index contributed by atoms with van der Waals surface area (Å²) in [6, 6.07) is 10.5. The van der Waals surface area contributed by atoms with Gasteiger partial charge in [-0.1, -0.05) is 30.3 Å². The lowest BCUT2D eigenvalue weighted by Gasteiger charge is -2.23. The molecule has 1 aromatic rings. The van der Waals surface area contributed by atoms with Gasteiger partial charge in [-0.05, 0) is 44.3 Å². The Morgan fingerprint density at radius 2 is 2.00 bits per heavy atom. The Balaban J connectivity index is 1.60. The highest BCUT2D eigenvalue weighted by molar-refractivity contribution is 8.00. The number of rotatable bonds is 7. The molecule has 1 aromatic carbocycles. The normalized spacial score (nSPS) is 15.9. The Kier molecular flexibility index (Phi) is 7.10. The number of aryl methyl sites for hydroxylation is 1. The lowest BCUT2D eigenvalue weighted by molar-refractivity contribution is -0.127. The average molecular weight is 306 g/mol. The molecule has 1 saturated heterocycles. The van der Waals surface area contributed by atoms with Crippen molar-refractivity contribution in [3.05, 3.63) is 35.9 Å². The van der Waals surface area contributed by atoms with Gasteiger partial charge in [0.1, 0.15) is 0 Å². The van der Waals surface area contributed by atoms with E-state index in [1.807, 2.05) is 29.8 Å². The molecule has 4 heteroatoms. The van der Waals surface area contributed by atoms with Gasteiger partial charge in [0, 0.05) is 18.8 Å². The molecule has 1 aliphatic heterocycles. The molecule has 3 nitrogen and oxygen atoms in total. The van der Waals surface area contributed by atoms with Crippen LogP contribution in [0.5, 0.6) is 0 Å². The molecule has 0 spiro atoms.